The lowest BCUT2D eigenvalue weighted by Gasteiger charge is -2.15. The zero-order valence-electron chi connectivity index (χ0n) is 16.3. The Balaban J connectivity index is 1.89. The van der Waals surface area contributed by atoms with Crippen molar-refractivity contribution in [3.05, 3.63) is 60.9 Å². The van der Waals surface area contributed by atoms with E-state index in [0.717, 1.165) is 16.7 Å². The Morgan fingerprint density at radius 2 is 1.94 bits per heavy atom. The van der Waals surface area contributed by atoms with E-state index >= 15 is 0 Å². The molecule has 1 aliphatic heterocycles. The van der Waals surface area contributed by atoms with E-state index in [2.05, 4.69) is 21.9 Å². The number of imide groups is 1. The Kier molecular flexibility index (Phi) is 7.95. The highest BCUT2D eigenvalue weighted by molar-refractivity contribution is 9.10. The van der Waals surface area contributed by atoms with Gasteiger partial charge in [-0.25, -0.2) is 0 Å². The van der Waals surface area contributed by atoms with Crippen molar-refractivity contribution in [1.29, 1.82) is 0 Å². The van der Waals surface area contributed by atoms with E-state index in [9.17, 15) is 9.59 Å². The van der Waals surface area contributed by atoms with Gasteiger partial charge < -0.3 is 9.47 Å². The van der Waals surface area contributed by atoms with Crippen molar-refractivity contribution in [2.24, 2.45) is 0 Å². The van der Waals surface area contributed by atoms with Crippen molar-refractivity contribution < 1.29 is 19.1 Å². The lowest BCUT2D eigenvalue weighted by atomic mass is 10.1. The molecule has 1 aliphatic rings. The fourth-order valence-corrected chi connectivity index (χ4v) is 4.75. The third-order valence-corrected chi connectivity index (χ3v) is 6.39. The van der Waals surface area contributed by atoms with Crippen LogP contribution >= 0.6 is 50.9 Å². The Hall–Kier alpha value is -2.11. The minimum atomic E-state index is -0.423. The summed E-state index contributed by atoms with van der Waals surface area (Å²) in [6.07, 6.45) is 6.89. The van der Waals surface area contributed by atoms with Crippen LogP contribution in [0.2, 0.25) is 10.0 Å². The molecule has 0 bridgehead atoms. The van der Waals surface area contributed by atoms with Gasteiger partial charge in [-0.2, -0.15) is 0 Å². The number of hydrogen-bond acceptors (Lipinski definition) is 5. The SMILES string of the molecule is C#CCOc1c(Br)cc(/C=C2\SC(=O)N(Cc3c(Cl)cccc3Cl)C2=O)cc1OCC. The van der Waals surface area contributed by atoms with E-state index in [1.807, 2.05) is 6.92 Å². The van der Waals surface area contributed by atoms with Gasteiger partial charge in [0, 0.05) is 15.6 Å². The number of thioether (sulfide) groups is 1. The van der Waals surface area contributed by atoms with E-state index in [1.165, 1.54) is 0 Å². The van der Waals surface area contributed by atoms with Crippen LogP contribution in [0.5, 0.6) is 11.5 Å². The molecule has 2 aromatic carbocycles. The third kappa shape index (κ3) is 5.39. The van der Waals surface area contributed by atoms with E-state index < -0.39 is 11.1 Å². The van der Waals surface area contributed by atoms with Gasteiger partial charge >= 0.3 is 0 Å². The van der Waals surface area contributed by atoms with Gasteiger partial charge in [-0.1, -0.05) is 35.2 Å². The van der Waals surface area contributed by atoms with Crippen LogP contribution in [0.3, 0.4) is 0 Å². The average molecular weight is 541 g/mol. The zero-order valence-corrected chi connectivity index (χ0v) is 20.2. The second-order valence-electron chi connectivity index (χ2n) is 6.22. The molecule has 0 atom stereocenters. The van der Waals surface area contributed by atoms with Crippen molar-refractivity contribution in [3.8, 4) is 23.8 Å². The van der Waals surface area contributed by atoms with E-state index in [4.69, 9.17) is 39.1 Å². The molecule has 2 aromatic rings. The second kappa shape index (κ2) is 10.5. The molecule has 3 rings (SSSR count). The molecule has 0 radical (unpaired) electrons. The van der Waals surface area contributed by atoms with E-state index in [-0.39, 0.29) is 18.1 Å². The maximum Gasteiger partial charge on any atom is 0.293 e. The minimum Gasteiger partial charge on any atom is -0.490 e. The Morgan fingerprint density at radius 1 is 1.23 bits per heavy atom. The minimum absolute atomic E-state index is 0.00668. The molecule has 0 saturated carbocycles. The first-order valence-corrected chi connectivity index (χ1v) is 11.4. The molecule has 0 aromatic heterocycles. The summed E-state index contributed by atoms with van der Waals surface area (Å²) in [6, 6.07) is 8.50. The molecule has 0 spiro atoms. The monoisotopic (exact) mass is 539 g/mol. The first-order chi connectivity index (χ1) is 14.8. The summed E-state index contributed by atoms with van der Waals surface area (Å²) in [7, 11) is 0. The van der Waals surface area contributed by atoms with Gasteiger partial charge in [0.25, 0.3) is 11.1 Å². The summed E-state index contributed by atoms with van der Waals surface area (Å²) in [5.74, 6) is 2.93. The van der Waals surface area contributed by atoms with Crippen LogP contribution in [0, 0.1) is 12.3 Å². The van der Waals surface area contributed by atoms with Crippen LogP contribution in [0.1, 0.15) is 18.1 Å². The third-order valence-electron chi connectivity index (χ3n) is 4.18. The molecular formula is C22H16BrCl2NO4S. The van der Waals surface area contributed by atoms with Crippen LogP contribution in [-0.4, -0.2) is 29.3 Å². The lowest BCUT2D eigenvalue weighted by molar-refractivity contribution is -0.123. The highest BCUT2D eigenvalue weighted by atomic mass is 79.9. The van der Waals surface area contributed by atoms with Crippen molar-refractivity contribution in [1.82, 2.24) is 4.90 Å². The van der Waals surface area contributed by atoms with Crippen molar-refractivity contribution in [2.45, 2.75) is 13.5 Å². The topological polar surface area (TPSA) is 55.8 Å². The van der Waals surface area contributed by atoms with Crippen LogP contribution in [0.25, 0.3) is 6.08 Å². The highest BCUT2D eigenvalue weighted by Gasteiger charge is 2.35. The number of carbonyl (C=O) groups is 2. The number of nitrogens with zero attached hydrogens (tertiary/aromatic N) is 1. The zero-order chi connectivity index (χ0) is 22.5. The summed E-state index contributed by atoms with van der Waals surface area (Å²) in [5, 5.41) is 0.386. The number of ether oxygens (including phenoxy) is 2. The number of hydrogen-bond donors (Lipinski definition) is 0. The van der Waals surface area contributed by atoms with Crippen molar-refractivity contribution in [3.63, 3.8) is 0 Å². The van der Waals surface area contributed by atoms with Gasteiger partial charge in [-0.05, 0) is 70.5 Å². The lowest BCUT2D eigenvalue weighted by Crippen LogP contribution is -2.27. The Bertz CT molecular complexity index is 1090. The molecule has 31 heavy (non-hydrogen) atoms. The molecule has 2 amide bonds. The van der Waals surface area contributed by atoms with E-state index in [1.54, 1.807) is 36.4 Å². The molecule has 0 aliphatic carbocycles. The van der Waals surface area contributed by atoms with Gasteiger partial charge in [-0.3, -0.25) is 14.5 Å². The molecule has 0 unspecified atom stereocenters. The molecule has 1 saturated heterocycles. The van der Waals surface area contributed by atoms with Crippen molar-refractivity contribution in [2.75, 3.05) is 13.2 Å². The number of rotatable bonds is 7. The Morgan fingerprint density at radius 3 is 2.58 bits per heavy atom. The Labute approximate surface area is 202 Å². The van der Waals surface area contributed by atoms with Crippen LogP contribution in [0.4, 0.5) is 4.79 Å². The summed E-state index contributed by atoms with van der Waals surface area (Å²) in [5.41, 5.74) is 1.18. The maximum absolute atomic E-state index is 12.9. The first kappa shape index (κ1) is 23.6. The number of terminal acetylenes is 1. The quantitative estimate of drug-likeness (QED) is 0.300. The molecule has 160 valence electrons. The number of carbonyl (C=O) groups excluding carboxylic acids is 2. The van der Waals surface area contributed by atoms with E-state index in [0.29, 0.717) is 43.8 Å². The molecule has 0 N–H and O–H groups in total. The van der Waals surface area contributed by atoms with Crippen LogP contribution in [-0.2, 0) is 11.3 Å². The summed E-state index contributed by atoms with van der Waals surface area (Å²) < 4.78 is 11.8. The van der Waals surface area contributed by atoms with Gasteiger partial charge in [-0.15, -0.1) is 6.42 Å². The van der Waals surface area contributed by atoms with Gasteiger partial charge in [0.2, 0.25) is 0 Å². The van der Waals surface area contributed by atoms with Gasteiger partial charge in [0.05, 0.1) is 22.5 Å². The number of halogens is 3. The molecule has 1 fully saturated rings. The van der Waals surface area contributed by atoms with Gasteiger partial charge in [0.15, 0.2) is 11.5 Å². The highest BCUT2D eigenvalue weighted by Crippen LogP contribution is 2.40. The number of benzene rings is 2. The first-order valence-electron chi connectivity index (χ1n) is 9.06. The molecule has 1 heterocycles. The summed E-state index contributed by atoms with van der Waals surface area (Å²) in [6.45, 7) is 2.34. The van der Waals surface area contributed by atoms with Crippen LogP contribution in [0.15, 0.2) is 39.7 Å². The smallest absolute Gasteiger partial charge is 0.293 e. The second-order valence-corrected chi connectivity index (χ2v) is 8.89. The maximum atomic E-state index is 12.9. The summed E-state index contributed by atoms with van der Waals surface area (Å²) >= 11 is 16.7. The predicted molar refractivity (Wildman–Crippen MR) is 128 cm³/mol. The molecule has 5 nitrogen and oxygen atoms in total. The number of amides is 2. The predicted octanol–water partition coefficient (Wildman–Crippen LogP) is 6.40. The average Bonchev–Trinajstić information content (AvgIpc) is 2.97. The standard InChI is InChI=1S/C22H16BrCl2NO4S/c1-3-8-30-20-15(23)9-13(10-18(20)29-4-2)11-19-21(27)26(22(28)31-19)12-14-16(24)6-5-7-17(14)25/h1,5-7,9-11H,4,8,12H2,2H3/b19-11-. The molecule has 9 heteroatoms. The fraction of sp³-hybridized carbons (Fsp3) is 0.182. The van der Waals surface area contributed by atoms with Gasteiger partial charge in [0.1, 0.15) is 6.61 Å². The normalized spacial score (nSPS) is 14.8. The fourth-order valence-electron chi connectivity index (χ4n) is 2.82. The van der Waals surface area contributed by atoms with Crippen molar-refractivity contribution >= 4 is 68.1 Å². The molecular weight excluding hydrogens is 525 g/mol. The largest absolute Gasteiger partial charge is 0.490 e. The summed E-state index contributed by atoms with van der Waals surface area (Å²) in [4.78, 5) is 26.8. The van der Waals surface area contributed by atoms with Crippen LogP contribution < -0.4 is 9.47 Å².